The van der Waals surface area contributed by atoms with Gasteiger partial charge in [-0.3, -0.25) is 0 Å². The van der Waals surface area contributed by atoms with E-state index >= 15 is 0 Å². The van der Waals surface area contributed by atoms with Crippen LogP contribution in [0.2, 0.25) is 0 Å². The fourth-order valence-electron chi connectivity index (χ4n) is 8.68. The SMILES string of the molecule is CCCCC1CCC(c2ccc(-c3ccc(CCCCCCCc4ccc(-c5ccc(C6CCC(C)CC6)cc5)cc4)cc3)cc2)CC1. The summed E-state index contributed by atoms with van der Waals surface area (Å²) in [6.45, 7) is 4.73. The fraction of sp³-hybridized carbons (Fsp3) is 0.500. The fourth-order valence-corrected chi connectivity index (χ4v) is 8.68. The summed E-state index contributed by atoms with van der Waals surface area (Å²) >= 11 is 0. The lowest BCUT2D eigenvalue weighted by atomic mass is 9.77. The van der Waals surface area contributed by atoms with Gasteiger partial charge in [0.25, 0.3) is 0 Å². The van der Waals surface area contributed by atoms with Crippen LogP contribution < -0.4 is 0 Å². The maximum absolute atomic E-state index is 2.41. The number of aryl methyl sites for hydroxylation is 2. The Morgan fingerprint density at radius 3 is 1.21 bits per heavy atom. The Labute approximate surface area is 293 Å². The summed E-state index contributed by atoms with van der Waals surface area (Å²) in [6.07, 6.45) is 24.3. The quantitative estimate of drug-likeness (QED) is 0.114. The van der Waals surface area contributed by atoms with Gasteiger partial charge in [0, 0.05) is 0 Å². The average Bonchev–Trinajstić information content (AvgIpc) is 3.15. The zero-order chi connectivity index (χ0) is 33.0. The van der Waals surface area contributed by atoms with Crippen molar-refractivity contribution < 1.29 is 0 Å². The number of hydrogen-bond acceptors (Lipinski definition) is 0. The molecule has 4 aromatic carbocycles. The molecule has 48 heavy (non-hydrogen) atoms. The Kier molecular flexibility index (Phi) is 13.1. The number of rotatable bonds is 15. The summed E-state index contributed by atoms with van der Waals surface area (Å²) in [6, 6.07) is 37.7. The molecule has 0 heterocycles. The molecule has 0 nitrogen and oxygen atoms in total. The highest BCUT2D eigenvalue weighted by Crippen LogP contribution is 2.39. The van der Waals surface area contributed by atoms with Gasteiger partial charge in [0.2, 0.25) is 0 Å². The molecule has 4 aromatic rings. The zero-order valence-electron chi connectivity index (χ0n) is 30.3. The van der Waals surface area contributed by atoms with E-state index in [2.05, 4.69) is 111 Å². The van der Waals surface area contributed by atoms with Crippen molar-refractivity contribution in [2.24, 2.45) is 11.8 Å². The van der Waals surface area contributed by atoms with Gasteiger partial charge in [-0.25, -0.2) is 0 Å². The first-order valence-corrected chi connectivity index (χ1v) is 20.0. The lowest BCUT2D eigenvalue weighted by molar-refractivity contribution is 0.304. The average molecular weight is 639 g/mol. The first kappa shape index (κ1) is 34.7. The molecular formula is C48H62. The highest BCUT2D eigenvalue weighted by molar-refractivity contribution is 5.65. The molecule has 0 aromatic heterocycles. The molecule has 2 aliphatic rings. The summed E-state index contributed by atoms with van der Waals surface area (Å²) in [5.41, 5.74) is 11.5. The Balaban J connectivity index is 0.851. The maximum atomic E-state index is 2.41. The van der Waals surface area contributed by atoms with Gasteiger partial charge in [-0.1, -0.05) is 162 Å². The van der Waals surface area contributed by atoms with E-state index in [0.717, 1.165) is 23.7 Å². The van der Waals surface area contributed by atoms with E-state index < -0.39 is 0 Å². The Morgan fingerprint density at radius 1 is 0.417 bits per heavy atom. The molecular weight excluding hydrogens is 577 g/mol. The molecule has 0 saturated heterocycles. The summed E-state index contributed by atoms with van der Waals surface area (Å²) in [5, 5.41) is 0. The second-order valence-corrected chi connectivity index (χ2v) is 15.7. The van der Waals surface area contributed by atoms with Crippen LogP contribution in [0, 0.1) is 11.8 Å². The Bertz CT molecular complexity index is 1460. The molecule has 2 saturated carbocycles. The zero-order valence-corrected chi connectivity index (χ0v) is 30.3. The predicted molar refractivity (Wildman–Crippen MR) is 209 cm³/mol. The Morgan fingerprint density at radius 2 is 0.792 bits per heavy atom. The minimum absolute atomic E-state index is 0.771. The van der Waals surface area contributed by atoms with Crippen LogP contribution in [0.25, 0.3) is 22.3 Å². The van der Waals surface area contributed by atoms with Crippen LogP contribution in [-0.2, 0) is 12.8 Å². The summed E-state index contributed by atoms with van der Waals surface area (Å²) in [7, 11) is 0. The van der Waals surface area contributed by atoms with Gasteiger partial charge in [0.05, 0.1) is 0 Å². The second kappa shape index (κ2) is 18.0. The van der Waals surface area contributed by atoms with Crippen molar-refractivity contribution in [3.63, 3.8) is 0 Å². The normalized spacial score (nSPS) is 21.3. The molecule has 2 fully saturated rings. The lowest BCUT2D eigenvalue weighted by Gasteiger charge is -2.29. The monoisotopic (exact) mass is 638 g/mol. The van der Waals surface area contributed by atoms with E-state index in [4.69, 9.17) is 0 Å². The van der Waals surface area contributed by atoms with Crippen molar-refractivity contribution in [3.05, 3.63) is 119 Å². The van der Waals surface area contributed by atoms with Gasteiger partial charge in [-0.05, 0) is 132 Å². The third-order valence-corrected chi connectivity index (χ3v) is 12.1. The van der Waals surface area contributed by atoms with Gasteiger partial charge in [-0.15, -0.1) is 0 Å². The molecule has 0 amide bonds. The second-order valence-electron chi connectivity index (χ2n) is 15.7. The number of hydrogen-bond donors (Lipinski definition) is 0. The molecule has 0 spiro atoms. The van der Waals surface area contributed by atoms with Gasteiger partial charge in [-0.2, -0.15) is 0 Å². The van der Waals surface area contributed by atoms with E-state index in [-0.39, 0.29) is 0 Å². The third-order valence-electron chi connectivity index (χ3n) is 12.1. The molecule has 0 atom stereocenters. The maximum Gasteiger partial charge on any atom is -0.0162 e. The topological polar surface area (TPSA) is 0 Å². The first-order valence-electron chi connectivity index (χ1n) is 20.0. The van der Waals surface area contributed by atoms with Crippen molar-refractivity contribution in [1.29, 1.82) is 0 Å². The van der Waals surface area contributed by atoms with Crippen LogP contribution in [-0.4, -0.2) is 0 Å². The van der Waals surface area contributed by atoms with E-state index in [1.165, 1.54) is 149 Å². The summed E-state index contributed by atoms with van der Waals surface area (Å²) in [5.74, 6) is 3.44. The van der Waals surface area contributed by atoms with Gasteiger partial charge >= 0.3 is 0 Å². The van der Waals surface area contributed by atoms with E-state index in [9.17, 15) is 0 Å². The molecule has 0 bridgehead atoms. The minimum atomic E-state index is 0.771. The van der Waals surface area contributed by atoms with Gasteiger partial charge in [0.15, 0.2) is 0 Å². The first-order chi connectivity index (χ1) is 23.6. The molecule has 254 valence electrons. The largest absolute Gasteiger partial charge is 0.0654 e. The lowest BCUT2D eigenvalue weighted by Crippen LogP contribution is -2.13. The van der Waals surface area contributed by atoms with Crippen molar-refractivity contribution in [2.45, 2.75) is 141 Å². The van der Waals surface area contributed by atoms with Crippen molar-refractivity contribution in [3.8, 4) is 22.3 Å². The van der Waals surface area contributed by atoms with Crippen molar-refractivity contribution in [1.82, 2.24) is 0 Å². The van der Waals surface area contributed by atoms with E-state index in [1.54, 1.807) is 11.1 Å². The summed E-state index contributed by atoms with van der Waals surface area (Å²) in [4.78, 5) is 0. The molecule has 2 aliphatic carbocycles. The number of benzene rings is 4. The predicted octanol–water partition coefficient (Wildman–Crippen LogP) is 14.5. The summed E-state index contributed by atoms with van der Waals surface area (Å²) < 4.78 is 0. The van der Waals surface area contributed by atoms with Crippen LogP contribution in [0.4, 0.5) is 0 Å². The van der Waals surface area contributed by atoms with Crippen molar-refractivity contribution >= 4 is 0 Å². The van der Waals surface area contributed by atoms with Crippen LogP contribution in [0.1, 0.15) is 151 Å². The molecule has 0 unspecified atom stereocenters. The van der Waals surface area contributed by atoms with E-state index in [1.807, 2.05) is 0 Å². The molecule has 6 rings (SSSR count). The van der Waals surface area contributed by atoms with Gasteiger partial charge in [0.1, 0.15) is 0 Å². The Hall–Kier alpha value is -3.12. The van der Waals surface area contributed by atoms with Crippen LogP contribution in [0.3, 0.4) is 0 Å². The smallest absolute Gasteiger partial charge is 0.0162 e. The van der Waals surface area contributed by atoms with Crippen LogP contribution >= 0.6 is 0 Å². The van der Waals surface area contributed by atoms with Gasteiger partial charge < -0.3 is 0 Å². The molecule has 0 N–H and O–H groups in total. The van der Waals surface area contributed by atoms with Crippen LogP contribution in [0.15, 0.2) is 97.1 Å². The molecule has 0 aliphatic heterocycles. The minimum Gasteiger partial charge on any atom is -0.0654 e. The third kappa shape index (κ3) is 9.96. The number of unbranched alkanes of at least 4 members (excludes halogenated alkanes) is 5. The molecule has 0 heteroatoms. The van der Waals surface area contributed by atoms with Crippen LogP contribution in [0.5, 0.6) is 0 Å². The van der Waals surface area contributed by atoms with E-state index in [0.29, 0.717) is 0 Å². The highest BCUT2D eigenvalue weighted by Gasteiger charge is 2.22. The molecule has 0 radical (unpaired) electrons. The highest BCUT2D eigenvalue weighted by atomic mass is 14.3. The standard InChI is InChI=1S/C48H62/c1-3-4-10-38-15-23-42(24-16-38)47-33-35-48(36-34-47)44-27-19-40(20-28-44)12-9-7-5-6-8-11-39-17-25-43(26-18-39)46-31-29-45(30-32-46)41-21-13-37(2)14-22-41/h17-20,25-38,41-42H,3-16,21-24H2,1-2H3. The van der Waals surface area contributed by atoms with Crippen molar-refractivity contribution in [2.75, 3.05) is 0 Å².